The molecule has 0 bridgehead atoms. The van der Waals surface area contributed by atoms with Crippen molar-refractivity contribution in [2.24, 2.45) is 16.7 Å². The highest BCUT2D eigenvalue weighted by molar-refractivity contribution is 4.90. The van der Waals surface area contributed by atoms with E-state index in [2.05, 4.69) is 25.7 Å². The molecule has 0 amide bonds. The van der Waals surface area contributed by atoms with Crippen molar-refractivity contribution >= 4 is 0 Å². The lowest BCUT2D eigenvalue weighted by Crippen LogP contribution is -2.48. The third kappa shape index (κ3) is 3.48. The largest absolute Gasteiger partial charge is 0.396 e. The second-order valence-electron chi connectivity index (χ2n) is 7.84. The van der Waals surface area contributed by atoms with E-state index in [1.807, 2.05) is 0 Å². The fraction of sp³-hybridized carbons (Fsp3) is 1.00. The molecule has 1 saturated heterocycles. The van der Waals surface area contributed by atoms with Crippen molar-refractivity contribution in [3.8, 4) is 0 Å². The lowest BCUT2D eigenvalue weighted by atomic mass is 9.69. The van der Waals surface area contributed by atoms with E-state index in [-0.39, 0.29) is 5.41 Å². The smallest absolute Gasteiger partial charge is 0.0499 e. The zero-order chi connectivity index (χ0) is 13.2. The SMILES string of the molecule is CC1CCCC(CO)(CN2CCCC(C)(C)C2)C1. The molecule has 2 nitrogen and oxygen atoms in total. The highest BCUT2D eigenvalue weighted by Gasteiger charge is 2.38. The minimum Gasteiger partial charge on any atom is -0.396 e. The Labute approximate surface area is 113 Å². The maximum Gasteiger partial charge on any atom is 0.0499 e. The van der Waals surface area contributed by atoms with Gasteiger partial charge in [-0.25, -0.2) is 0 Å². The number of likely N-dealkylation sites (tertiary alicyclic amines) is 1. The van der Waals surface area contributed by atoms with Gasteiger partial charge in [0.15, 0.2) is 0 Å². The summed E-state index contributed by atoms with van der Waals surface area (Å²) in [6, 6.07) is 0. The first-order valence-corrected chi connectivity index (χ1v) is 7.78. The highest BCUT2D eigenvalue weighted by atomic mass is 16.3. The van der Waals surface area contributed by atoms with E-state index in [1.165, 1.54) is 51.6 Å². The molecule has 1 heterocycles. The van der Waals surface area contributed by atoms with Crippen LogP contribution >= 0.6 is 0 Å². The van der Waals surface area contributed by atoms with Gasteiger partial charge in [0.1, 0.15) is 0 Å². The second kappa shape index (κ2) is 5.50. The van der Waals surface area contributed by atoms with Crippen LogP contribution in [0.25, 0.3) is 0 Å². The van der Waals surface area contributed by atoms with Gasteiger partial charge < -0.3 is 10.0 Å². The average molecular weight is 253 g/mol. The van der Waals surface area contributed by atoms with Gasteiger partial charge in [-0.1, -0.05) is 33.6 Å². The summed E-state index contributed by atoms with van der Waals surface area (Å²) in [5.74, 6) is 0.795. The van der Waals surface area contributed by atoms with E-state index >= 15 is 0 Å². The third-order valence-electron chi connectivity index (χ3n) is 5.06. The number of nitrogens with zero attached hydrogens (tertiary/aromatic N) is 1. The quantitative estimate of drug-likeness (QED) is 0.834. The number of rotatable bonds is 3. The van der Waals surface area contributed by atoms with Crippen LogP contribution in [0.4, 0.5) is 0 Å². The van der Waals surface area contributed by atoms with Crippen LogP contribution in [0.2, 0.25) is 0 Å². The maximum absolute atomic E-state index is 9.89. The molecular weight excluding hydrogens is 222 g/mol. The summed E-state index contributed by atoms with van der Waals surface area (Å²) < 4.78 is 0. The molecule has 1 aliphatic heterocycles. The van der Waals surface area contributed by atoms with Crippen molar-refractivity contribution in [1.29, 1.82) is 0 Å². The first-order chi connectivity index (χ1) is 8.45. The fourth-order valence-electron chi connectivity index (χ4n) is 4.26. The van der Waals surface area contributed by atoms with Crippen molar-refractivity contribution in [1.82, 2.24) is 4.90 Å². The van der Waals surface area contributed by atoms with Gasteiger partial charge in [-0.2, -0.15) is 0 Å². The van der Waals surface area contributed by atoms with E-state index < -0.39 is 0 Å². The van der Waals surface area contributed by atoms with Crippen molar-refractivity contribution in [3.05, 3.63) is 0 Å². The molecule has 0 aromatic carbocycles. The van der Waals surface area contributed by atoms with Gasteiger partial charge >= 0.3 is 0 Å². The minimum atomic E-state index is 0.199. The van der Waals surface area contributed by atoms with E-state index in [9.17, 15) is 5.11 Å². The van der Waals surface area contributed by atoms with Crippen LogP contribution in [-0.2, 0) is 0 Å². The van der Waals surface area contributed by atoms with Gasteiger partial charge in [0.05, 0.1) is 0 Å². The third-order valence-corrected chi connectivity index (χ3v) is 5.06. The van der Waals surface area contributed by atoms with Crippen LogP contribution in [0.15, 0.2) is 0 Å². The van der Waals surface area contributed by atoms with E-state index in [0.29, 0.717) is 12.0 Å². The summed E-state index contributed by atoms with van der Waals surface area (Å²) >= 11 is 0. The van der Waals surface area contributed by atoms with E-state index in [4.69, 9.17) is 0 Å². The number of hydrogen-bond donors (Lipinski definition) is 1. The molecule has 0 aromatic heterocycles. The second-order valence-corrected chi connectivity index (χ2v) is 7.84. The van der Waals surface area contributed by atoms with E-state index in [1.54, 1.807) is 0 Å². The van der Waals surface area contributed by atoms with Crippen LogP contribution in [0, 0.1) is 16.7 Å². The van der Waals surface area contributed by atoms with Gasteiger partial charge in [-0.15, -0.1) is 0 Å². The standard InChI is InChI=1S/C16H31NO/c1-14-6-4-8-16(10-14,13-18)12-17-9-5-7-15(2,3)11-17/h14,18H,4-13H2,1-3H3. The average Bonchev–Trinajstić information content (AvgIpc) is 2.27. The molecule has 0 spiro atoms. The molecule has 2 fully saturated rings. The molecule has 2 aliphatic rings. The maximum atomic E-state index is 9.89. The number of aliphatic hydroxyl groups excluding tert-OH is 1. The molecular formula is C16H31NO. The summed E-state index contributed by atoms with van der Waals surface area (Å²) in [5, 5.41) is 9.89. The summed E-state index contributed by atoms with van der Waals surface area (Å²) in [7, 11) is 0. The number of hydrogen-bond acceptors (Lipinski definition) is 2. The van der Waals surface area contributed by atoms with Crippen molar-refractivity contribution in [3.63, 3.8) is 0 Å². The van der Waals surface area contributed by atoms with Crippen molar-refractivity contribution in [2.45, 2.75) is 59.3 Å². The molecule has 106 valence electrons. The van der Waals surface area contributed by atoms with Crippen molar-refractivity contribution in [2.75, 3.05) is 26.2 Å². The zero-order valence-corrected chi connectivity index (χ0v) is 12.5. The summed E-state index contributed by atoms with van der Waals surface area (Å²) in [6.07, 6.45) is 7.79. The Morgan fingerprint density at radius 2 is 2.00 bits per heavy atom. The van der Waals surface area contributed by atoms with E-state index in [0.717, 1.165) is 12.5 Å². The highest BCUT2D eigenvalue weighted by Crippen LogP contribution is 2.41. The molecule has 2 heteroatoms. The summed E-state index contributed by atoms with van der Waals surface area (Å²) in [5.41, 5.74) is 0.667. The monoisotopic (exact) mass is 253 g/mol. The fourth-order valence-corrected chi connectivity index (χ4v) is 4.26. The topological polar surface area (TPSA) is 23.5 Å². The van der Waals surface area contributed by atoms with Gasteiger partial charge in [-0.05, 0) is 43.6 Å². The molecule has 1 aliphatic carbocycles. The molecule has 1 saturated carbocycles. The summed E-state index contributed by atoms with van der Waals surface area (Å²) in [4.78, 5) is 2.62. The van der Waals surface area contributed by atoms with Gasteiger partial charge in [-0.3, -0.25) is 0 Å². The lowest BCUT2D eigenvalue weighted by molar-refractivity contribution is 0.000908. The Morgan fingerprint density at radius 3 is 2.61 bits per heavy atom. The van der Waals surface area contributed by atoms with Crippen molar-refractivity contribution < 1.29 is 5.11 Å². The van der Waals surface area contributed by atoms with Crippen LogP contribution in [-0.4, -0.2) is 36.2 Å². The Bertz CT molecular complexity index is 276. The van der Waals surface area contributed by atoms with Gasteiger partial charge in [0, 0.05) is 25.1 Å². The van der Waals surface area contributed by atoms with Crippen LogP contribution in [0.5, 0.6) is 0 Å². The van der Waals surface area contributed by atoms with Gasteiger partial charge in [0.2, 0.25) is 0 Å². The van der Waals surface area contributed by atoms with Crippen LogP contribution in [0.1, 0.15) is 59.3 Å². The Balaban J connectivity index is 1.97. The predicted octanol–water partition coefficient (Wildman–Crippen LogP) is 3.30. The normalized spacial score (nSPS) is 37.7. The lowest BCUT2D eigenvalue weighted by Gasteiger charge is -2.46. The molecule has 1 N–H and O–H groups in total. The Kier molecular flexibility index (Phi) is 4.38. The zero-order valence-electron chi connectivity index (χ0n) is 12.5. The minimum absolute atomic E-state index is 0.199. The predicted molar refractivity (Wildman–Crippen MR) is 76.6 cm³/mol. The first kappa shape index (κ1) is 14.3. The Hall–Kier alpha value is -0.0800. The molecule has 2 unspecified atom stereocenters. The van der Waals surface area contributed by atoms with Crippen LogP contribution in [0.3, 0.4) is 0 Å². The molecule has 2 atom stereocenters. The Morgan fingerprint density at radius 1 is 1.22 bits per heavy atom. The molecule has 18 heavy (non-hydrogen) atoms. The molecule has 0 radical (unpaired) electrons. The first-order valence-electron chi connectivity index (χ1n) is 7.78. The van der Waals surface area contributed by atoms with Crippen LogP contribution < -0.4 is 0 Å². The van der Waals surface area contributed by atoms with Gasteiger partial charge in [0.25, 0.3) is 0 Å². The molecule has 0 aromatic rings. The summed E-state index contributed by atoms with van der Waals surface area (Å²) in [6.45, 7) is 11.1. The number of piperidine rings is 1. The number of aliphatic hydroxyl groups is 1. The molecule has 2 rings (SSSR count).